The molecule has 0 saturated heterocycles. The topological polar surface area (TPSA) is 95.9 Å². The number of fused-ring (bicyclic) bond motifs is 1. The van der Waals surface area contributed by atoms with Crippen LogP contribution in [0.1, 0.15) is 34.8 Å². The zero-order valence-electron chi connectivity index (χ0n) is 15.0. The Balaban J connectivity index is 2.05. The number of esters is 1. The van der Waals surface area contributed by atoms with E-state index >= 15 is 0 Å². The van der Waals surface area contributed by atoms with Gasteiger partial charge in [0, 0.05) is 19.2 Å². The average Bonchev–Trinajstić information content (AvgIpc) is 3.30. The summed E-state index contributed by atoms with van der Waals surface area (Å²) in [7, 11) is 0. The fourth-order valence-corrected chi connectivity index (χ4v) is 3.58. The van der Waals surface area contributed by atoms with Crippen LogP contribution < -0.4 is 4.80 Å². The lowest BCUT2D eigenvalue weighted by molar-refractivity contribution is 0.0526. The van der Waals surface area contributed by atoms with Crippen LogP contribution in [0.5, 0.6) is 0 Å². The van der Waals surface area contributed by atoms with Crippen LogP contribution in [0.4, 0.5) is 0 Å². The Kier molecular flexibility index (Phi) is 6.15. The molecular weight excluding hydrogens is 370 g/mol. The highest BCUT2D eigenvalue weighted by atomic mass is 32.1. The fourth-order valence-electron chi connectivity index (χ4n) is 2.48. The first-order valence-electron chi connectivity index (χ1n) is 8.52. The lowest BCUT2D eigenvalue weighted by Crippen LogP contribution is -2.19. The van der Waals surface area contributed by atoms with Gasteiger partial charge in [-0.2, -0.15) is 4.99 Å². The molecule has 142 valence electrons. The van der Waals surface area contributed by atoms with Crippen LogP contribution in [0.25, 0.3) is 10.2 Å². The number of hydrogen-bond acceptors (Lipinski definition) is 7. The number of ether oxygens (including phenoxy) is 2. The van der Waals surface area contributed by atoms with Gasteiger partial charge in [0.25, 0.3) is 0 Å². The fraction of sp³-hybridized carbons (Fsp3) is 0.333. The summed E-state index contributed by atoms with van der Waals surface area (Å²) in [6.07, 6.45) is 1.39. The molecule has 8 nitrogen and oxygen atoms in total. The molecule has 3 rings (SSSR count). The highest BCUT2D eigenvalue weighted by Gasteiger charge is 2.14. The molecule has 0 fully saturated rings. The van der Waals surface area contributed by atoms with Crippen LogP contribution in [0.15, 0.2) is 40.0 Å². The number of benzene rings is 1. The van der Waals surface area contributed by atoms with E-state index in [1.807, 2.05) is 17.6 Å². The van der Waals surface area contributed by atoms with Crippen molar-refractivity contribution in [3.05, 3.63) is 46.6 Å². The number of carbonyl (C=O) groups excluding carboxylic acids is 2. The largest absolute Gasteiger partial charge is 0.462 e. The summed E-state index contributed by atoms with van der Waals surface area (Å²) in [5.74, 6) is -0.837. The summed E-state index contributed by atoms with van der Waals surface area (Å²) in [5, 5.41) is 3.53. The van der Waals surface area contributed by atoms with E-state index < -0.39 is 5.91 Å². The van der Waals surface area contributed by atoms with Gasteiger partial charge >= 0.3 is 11.9 Å². The molecule has 0 atom stereocenters. The normalized spacial score (nSPS) is 11.9. The maximum Gasteiger partial charge on any atom is 0.338 e. The predicted octanol–water partition coefficient (Wildman–Crippen LogP) is 2.65. The Bertz CT molecular complexity index is 1000. The monoisotopic (exact) mass is 389 g/mol. The molecule has 27 heavy (non-hydrogen) atoms. The standard InChI is InChI=1S/C18H19N3O5S/c1-3-24-10-9-21-13-6-5-12(17(23)25-4-2)11-15(13)27-18(21)20-16(22)14-7-8-19-26-14/h5-8,11H,3-4,9-10H2,1-2H3. The van der Waals surface area contributed by atoms with Gasteiger partial charge in [-0.1, -0.05) is 16.5 Å². The summed E-state index contributed by atoms with van der Waals surface area (Å²) in [5.41, 5.74) is 1.31. The van der Waals surface area contributed by atoms with Gasteiger partial charge in [-0.25, -0.2) is 4.79 Å². The van der Waals surface area contributed by atoms with Crippen LogP contribution in [-0.2, 0) is 16.0 Å². The molecule has 0 bridgehead atoms. The highest BCUT2D eigenvalue weighted by Crippen LogP contribution is 2.20. The Labute approximate surface area is 159 Å². The minimum absolute atomic E-state index is 0.0658. The minimum Gasteiger partial charge on any atom is -0.462 e. The maximum atomic E-state index is 12.3. The molecule has 0 N–H and O–H groups in total. The number of rotatable bonds is 7. The molecule has 2 heterocycles. The van der Waals surface area contributed by atoms with Gasteiger partial charge in [0.2, 0.25) is 5.76 Å². The van der Waals surface area contributed by atoms with E-state index in [1.54, 1.807) is 19.1 Å². The Morgan fingerprint density at radius 2 is 2.11 bits per heavy atom. The zero-order valence-corrected chi connectivity index (χ0v) is 15.8. The number of nitrogens with zero attached hydrogens (tertiary/aromatic N) is 3. The average molecular weight is 389 g/mol. The molecule has 2 aromatic heterocycles. The third-order valence-corrected chi connectivity index (χ3v) is 4.74. The molecule has 9 heteroatoms. The molecule has 0 unspecified atom stereocenters. The second kappa shape index (κ2) is 8.74. The van der Waals surface area contributed by atoms with Gasteiger partial charge in [0.15, 0.2) is 4.80 Å². The van der Waals surface area contributed by atoms with Crippen molar-refractivity contribution in [2.75, 3.05) is 19.8 Å². The second-order valence-electron chi connectivity index (χ2n) is 5.43. The summed E-state index contributed by atoms with van der Waals surface area (Å²) >= 11 is 1.31. The van der Waals surface area contributed by atoms with Crippen LogP contribution in [0.3, 0.4) is 0 Å². The van der Waals surface area contributed by atoms with Gasteiger partial charge in [0.05, 0.1) is 35.2 Å². The minimum atomic E-state index is -0.519. The van der Waals surface area contributed by atoms with Crippen molar-refractivity contribution in [1.29, 1.82) is 0 Å². The molecule has 3 aromatic rings. The molecule has 0 spiro atoms. The molecule has 0 radical (unpaired) electrons. The van der Waals surface area contributed by atoms with Crippen molar-refractivity contribution in [2.24, 2.45) is 4.99 Å². The molecule has 0 saturated carbocycles. The SMILES string of the molecule is CCOCCn1c(=NC(=O)c2ccno2)sc2cc(C(=O)OCC)ccc21. The quantitative estimate of drug-likeness (QED) is 0.455. The van der Waals surface area contributed by atoms with E-state index in [9.17, 15) is 9.59 Å². The van der Waals surface area contributed by atoms with Crippen LogP contribution in [0, 0.1) is 0 Å². The van der Waals surface area contributed by atoms with E-state index in [0.717, 1.165) is 10.2 Å². The van der Waals surface area contributed by atoms with Gasteiger partial charge in [0.1, 0.15) is 0 Å². The first-order chi connectivity index (χ1) is 13.1. The predicted molar refractivity (Wildman–Crippen MR) is 98.7 cm³/mol. The highest BCUT2D eigenvalue weighted by molar-refractivity contribution is 7.16. The van der Waals surface area contributed by atoms with Crippen LogP contribution >= 0.6 is 11.3 Å². The molecule has 0 aliphatic rings. The summed E-state index contributed by atoms with van der Waals surface area (Å²) in [6, 6.07) is 6.73. The first-order valence-corrected chi connectivity index (χ1v) is 9.33. The Morgan fingerprint density at radius 1 is 1.26 bits per heavy atom. The number of amides is 1. The Morgan fingerprint density at radius 3 is 2.81 bits per heavy atom. The van der Waals surface area contributed by atoms with E-state index in [4.69, 9.17) is 14.0 Å². The van der Waals surface area contributed by atoms with Crippen molar-refractivity contribution in [2.45, 2.75) is 20.4 Å². The van der Waals surface area contributed by atoms with Crippen molar-refractivity contribution >= 4 is 33.4 Å². The second-order valence-corrected chi connectivity index (χ2v) is 6.44. The zero-order chi connectivity index (χ0) is 19.2. The van der Waals surface area contributed by atoms with Crippen molar-refractivity contribution in [1.82, 2.24) is 9.72 Å². The third-order valence-electron chi connectivity index (χ3n) is 3.70. The molecule has 1 amide bonds. The maximum absolute atomic E-state index is 12.3. The number of thiazole rings is 1. The number of hydrogen-bond donors (Lipinski definition) is 0. The van der Waals surface area contributed by atoms with Gasteiger partial charge in [-0.05, 0) is 32.0 Å². The van der Waals surface area contributed by atoms with E-state index in [2.05, 4.69) is 10.1 Å². The lowest BCUT2D eigenvalue weighted by Gasteiger charge is -2.06. The third kappa shape index (κ3) is 4.32. The van der Waals surface area contributed by atoms with Crippen molar-refractivity contribution < 1.29 is 23.6 Å². The van der Waals surface area contributed by atoms with Crippen molar-refractivity contribution in [3.8, 4) is 0 Å². The van der Waals surface area contributed by atoms with Gasteiger partial charge in [-0.3, -0.25) is 4.79 Å². The van der Waals surface area contributed by atoms with Gasteiger partial charge < -0.3 is 18.6 Å². The lowest BCUT2D eigenvalue weighted by atomic mass is 10.2. The molecule has 1 aromatic carbocycles. The van der Waals surface area contributed by atoms with E-state index in [1.165, 1.54) is 23.6 Å². The van der Waals surface area contributed by atoms with E-state index in [-0.39, 0.29) is 11.7 Å². The van der Waals surface area contributed by atoms with Gasteiger partial charge in [-0.15, -0.1) is 0 Å². The smallest absolute Gasteiger partial charge is 0.338 e. The molecule has 0 aliphatic heterocycles. The van der Waals surface area contributed by atoms with Crippen molar-refractivity contribution in [3.63, 3.8) is 0 Å². The summed E-state index contributed by atoms with van der Waals surface area (Å²) in [6.45, 7) is 5.58. The number of carbonyl (C=O) groups is 2. The summed E-state index contributed by atoms with van der Waals surface area (Å²) in [4.78, 5) is 28.9. The van der Waals surface area contributed by atoms with Crippen LogP contribution in [-0.4, -0.2) is 41.4 Å². The number of aromatic nitrogens is 2. The Hall–Kier alpha value is -2.78. The molecule has 0 aliphatic carbocycles. The summed E-state index contributed by atoms with van der Waals surface area (Å²) < 4.78 is 18.1. The van der Waals surface area contributed by atoms with Crippen LogP contribution in [0.2, 0.25) is 0 Å². The molecular formula is C18H19N3O5S. The van der Waals surface area contributed by atoms with E-state index in [0.29, 0.717) is 36.7 Å². The first kappa shape index (κ1) is 19.0.